The lowest BCUT2D eigenvalue weighted by atomic mass is 9.53. The minimum absolute atomic E-state index is 0.0500. The van der Waals surface area contributed by atoms with E-state index in [0.29, 0.717) is 23.5 Å². The summed E-state index contributed by atoms with van der Waals surface area (Å²) in [5.41, 5.74) is -0.214. The number of ether oxygens (including phenoxy) is 1. The van der Waals surface area contributed by atoms with Crippen LogP contribution in [0.3, 0.4) is 0 Å². The number of urea groups is 1. The SMILES string of the molecule is COc1ccc(S(=O)(=O)NC(=O)NC23CC4CC(CC(C4)C2)C3)cc1. The lowest BCUT2D eigenvalue weighted by Crippen LogP contribution is -2.61. The molecule has 4 aliphatic rings. The summed E-state index contributed by atoms with van der Waals surface area (Å²) in [5.74, 6) is 2.62. The zero-order chi connectivity index (χ0) is 17.7. The molecule has 0 heterocycles. The van der Waals surface area contributed by atoms with Gasteiger partial charge >= 0.3 is 6.03 Å². The zero-order valence-corrected chi connectivity index (χ0v) is 15.1. The molecule has 1 aromatic rings. The Morgan fingerprint density at radius 2 is 1.56 bits per heavy atom. The third-order valence-corrected chi connectivity index (χ3v) is 7.36. The van der Waals surface area contributed by atoms with Crippen molar-refractivity contribution < 1.29 is 17.9 Å². The van der Waals surface area contributed by atoms with Crippen LogP contribution in [0.1, 0.15) is 38.5 Å². The first-order valence-electron chi connectivity index (χ1n) is 8.86. The number of amides is 2. The highest BCUT2D eigenvalue weighted by Crippen LogP contribution is 2.55. The molecule has 0 unspecified atom stereocenters. The van der Waals surface area contributed by atoms with Crippen molar-refractivity contribution in [3.63, 3.8) is 0 Å². The molecule has 2 amide bonds. The van der Waals surface area contributed by atoms with Gasteiger partial charge in [-0.05, 0) is 80.5 Å². The van der Waals surface area contributed by atoms with Gasteiger partial charge in [-0.3, -0.25) is 0 Å². The van der Waals surface area contributed by atoms with Crippen LogP contribution in [0.25, 0.3) is 0 Å². The molecule has 4 fully saturated rings. The van der Waals surface area contributed by atoms with Gasteiger partial charge in [-0.15, -0.1) is 0 Å². The monoisotopic (exact) mass is 364 g/mol. The molecule has 5 rings (SSSR count). The third kappa shape index (κ3) is 3.21. The largest absolute Gasteiger partial charge is 0.497 e. The third-order valence-electron chi connectivity index (χ3n) is 6.01. The molecule has 0 aromatic heterocycles. The Labute approximate surface area is 148 Å². The maximum atomic E-state index is 12.4. The molecule has 0 spiro atoms. The van der Waals surface area contributed by atoms with E-state index >= 15 is 0 Å². The van der Waals surface area contributed by atoms with Crippen LogP contribution in [-0.2, 0) is 10.0 Å². The van der Waals surface area contributed by atoms with Gasteiger partial charge in [0.1, 0.15) is 5.75 Å². The normalized spacial score (nSPS) is 33.1. The highest BCUT2D eigenvalue weighted by atomic mass is 32.2. The Morgan fingerprint density at radius 3 is 2.04 bits per heavy atom. The van der Waals surface area contributed by atoms with Crippen LogP contribution in [-0.4, -0.2) is 27.1 Å². The van der Waals surface area contributed by atoms with Gasteiger partial charge in [0.25, 0.3) is 10.0 Å². The van der Waals surface area contributed by atoms with Gasteiger partial charge in [0, 0.05) is 5.54 Å². The van der Waals surface area contributed by atoms with Crippen molar-refractivity contribution in [1.82, 2.24) is 10.0 Å². The Hall–Kier alpha value is -1.76. The Kier molecular flexibility index (Phi) is 3.94. The summed E-state index contributed by atoms with van der Waals surface area (Å²) in [6.45, 7) is 0. The number of sulfonamides is 1. The summed E-state index contributed by atoms with van der Waals surface area (Å²) < 4.78 is 32.0. The van der Waals surface area contributed by atoms with E-state index in [1.807, 2.05) is 0 Å². The second-order valence-corrected chi connectivity index (χ2v) is 9.62. The quantitative estimate of drug-likeness (QED) is 0.860. The van der Waals surface area contributed by atoms with E-state index in [0.717, 1.165) is 19.3 Å². The number of carbonyl (C=O) groups is 1. The molecule has 0 saturated heterocycles. The minimum Gasteiger partial charge on any atom is -0.497 e. The van der Waals surface area contributed by atoms with Crippen LogP contribution in [0.5, 0.6) is 5.75 Å². The molecule has 4 saturated carbocycles. The molecular weight excluding hydrogens is 340 g/mol. The number of hydrogen-bond acceptors (Lipinski definition) is 4. The highest BCUT2D eigenvalue weighted by Gasteiger charge is 2.51. The molecule has 4 aliphatic carbocycles. The van der Waals surface area contributed by atoms with Crippen molar-refractivity contribution in [2.24, 2.45) is 17.8 Å². The summed E-state index contributed by atoms with van der Waals surface area (Å²) >= 11 is 0. The van der Waals surface area contributed by atoms with Crippen LogP contribution in [0.2, 0.25) is 0 Å². The molecule has 25 heavy (non-hydrogen) atoms. The summed E-state index contributed by atoms with van der Waals surface area (Å²) in [4.78, 5) is 12.5. The van der Waals surface area contributed by atoms with Crippen molar-refractivity contribution in [3.8, 4) is 5.75 Å². The van der Waals surface area contributed by atoms with E-state index < -0.39 is 16.1 Å². The van der Waals surface area contributed by atoms with Crippen molar-refractivity contribution in [1.29, 1.82) is 0 Å². The molecule has 1 aromatic carbocycles. The lowest BCUT2D eigenvalue weighted by Gasteiger charge is -2.56. The minimum atomic E-state index is -3.89. The molecule has 4 bridgehead atoms. The Balaban J connectivity index is 1.44. The second kappa shape index (κ2) is 5.90. The summed E-state index contributed by atoms with van der Waals surface area (Å²) in [6.07, 6.45) is 6.76. The Morgan fingerprint density at radius 1 is 1.04 bits per heavy atom. The van der Waals surface area contributed by atoms with Gasteiger partial charge in [0.05, 0.1) is 12.0 Å². The van der Waals surface area contributed by atoms with Gasteiger partial charge in [0.15, 0.2) is 0 Å². The van der Waals surface area contributed by atoms with Crippen LogP contribution < -0.4 is 14.8 Å². The summed E-state index contributed by atoms with van der Waals surface area (Å²) in [5, 5.41) is 3.02. The first-order chi connectivity index (χ1) is 11.9. The van der Waals surface area contributed by atoms with Crippen molar-refractivity contribution in [3.05, 3.63) is 24.3 Å². The zero-order valence-electron chi connectivity index (χ0n) is 14.3. The van der Waals surface area contributed by atoms with E-state index in [-0.39, 0.29) is 10.4 Å². The van der Waals surface area contributed by atoms with E-state index in [1.165, 1.54) is 38.5 Å². The molecule has 7 heteroatoms. The van der Waals surface area contributed by atoms with Crippen molar-refractivity contribution >= 4 is 16.1 Å². The summed E-state index contributed by atoms with van der Waals surface area (Å²) in [7, 11) is -2.37. The van der Waals surface area contributed by atoms with E-state index in [1.54, 1.807) is 12.1 Å². The second-order valence-electron chi connectivity index (χ2n) is 7.93. The van der Waals surface area contributed by atoms with Crippen molar-refractivity contribution in [2.75, 3.05) is 7.11 Å². The van der Waals surface area contributed by atoms with Crippen LogP contribution in [0.4, 0.5) is 4.79 Å². The topological polar surface area (TPSA) is 84.5 Å². The summed E-state index contributed by atoms with van der Waals surface area (Å²) in [6, 6.07) is 5.37. The first-order valence-corrected chi connectivity index (χ1v) is 10.3. The van der Waals surface area contributed by atoms with Gasteiger partial charge in [-0.1, -0.05) is 0 Å². The predicted molar refractivity (Wildman–Crippen MR) is 92.8 cm³/mol. The van der Waals surface area contributed by atoms with Gasteiger partial charge in [-0.2, -0.15) is 0 Å². The van der Waals surface area contributed by atoms with Crippen molar-refractivity contribution in [2.45, 2.75) is 49.0 Å². The van der Waals surface area contributed by atoms with E-state index in [2.05, 4.69) is 10.0 Å². The average Bonchev–Trinajstić information content (AvgIpc) is 2.52. The average molecular weight is 364 g/mol. The molecule has 0 radical (unpaired) electrons. The Bertz CT molecular complexity index is 737. The molecule has 6 nitrogen and oxygen atoms in total. The number of carbonyl (C=O) groups excluding carboxylic acids is 1. The number of benzene rings is 1. The van der Waals surface area contributed by atoms with Crippen LogP contribution >= 0.6 is 0 Å². The van der Waals surface area contributed by atoms with Gasteiger partial charge in [0.2, 0.25) is 0 Å². The van der Waals surface area contributed by atoms with Gasteiger partial charge in [-0.25, -0.2) is 17.9 Å². The fraction of sp³-hybridized carbons (Fsp3) is 0.611. The molecule has 0 aliphatic heterocycles. The number of rotatable bonds is 4. The van der Waals surface area contributed by atoms with Gasteiger partial charge < -0.3 is 10.1 Å². The number of methoxy groups -OCH3 is 1. The standard InChI is InChI=1S/C18H24N2O4S/c1-24-15-2-4-16(5-3-15)25(22,23)20-17(21)19-18-9-12-6-13(10-18)8-14(7-12)11-18/h2-5,12-14H,6-11H2,1H3,(H2,19,20,21). The smallest absolute Gasteiger partial charge is 0.329 e. The predicted octanol–water partition coefficient (Wildman–Crippen LogP) is 2.65. The fourth-order valence-corrected chi connectivity index (χ4v) is 6.37. The first kappa shape index (κ1) is 16.7. The molecule has 0 atom stereocenters. The van der Waals surface area contributed by atoms with Crippen LogP contribution in [0.15, 0.2) is 29.2 Å². The van der Waals surface area contributed by atoms with E-state index in [4.69, 9.17) is 4.74 Å². The maximum Gasteiger partial charge on any atom is 0.329 e. The number of hydrogen-bond donors (Lipinski definition) is 2. The molecular formula is C18H24N2O4S. The highest BCUT2D eigenvalue weighted by molar-refractivity contribution is 7.90. The van der Waals surface area contributed by atoms with E-state index in [9.17, 15) is 13.2 Å². The fourth-order valence-electron chi connectivity index (χ4n) is 5.47. The number of nitrogens with one attached hydrogen (secondary N) is 2. The molecule has 2 N–H and O–H groups in total. The maximum absolute atomic E-state index is 12.4. The molecule has 136 valence electrons. The van der Waals surface area contributed by atoms with Crippen LogP contribution in [0, 0.1) is 17.8 Å². The lowest BCUT2D eigenvalue weighted by molar-refractivity contribution is -0.0132.